The average Bonchev–Trinajstić information content (AvgIpc) is 2.74. The lowest BCUT2D eigenvalue weighted by molar-refractivity contribution is -0.0979. The van der Waals surface area contributed by atoms with Crippen molar-refractivity contribution >= 4 is 17.8 Å². The summed E-state index contributed by atoms with van der Waals surface area (Å²) < 4.78 is 14.8. The number of nitrogens with zero attached hydrogens (tertiary/aromatic N) is 3. The van der Waals surface area contributed by atoms with E-state index in [1.54, 1.807) is 11.8 Å². The second-order valence-electron chi connectivity index (χ2n) is 2.77. The minimum atomic E-state index is 0.500. The highest BCUT2D eigenvalue weighted by Crippen LogP contribution is 2.17. The first-order valence-corrected chi connectivity index (χ1v) is 4.90. The van der Waals surface area contributed by atoms with Crippen molar-refractivity contribution in [3.63, 3.8) is 0 Å². The van der Waals surface area contributed by atoms with Gasteiger partial charge in [0.25, 0.3) is 0 Å². The van der Waals surface area contributed by atoms with Gasteiger partial charge in [-0.2, -0.15) is 15.0 Å². The molecule has 1 heterocycles. The third kappa shape index (κ3) is 4.18. The molecule has 0 aliphatic heterocycles. The fraction of sp³-hybridized carbons (Fsp3) is 0.364. The van der Waals surface area contributed by atoms with Gasteiger partial charge in [0.15, 0.2) is 0 Å². The number of hydrogen-bond acceptors (Lipinski definition) is 4. The van der Waals surface area contributed by atoms with Crippen molar-refractivity contribution in [3.05, 3.63) is 18.2 Å². The van der Waals surface area contributed by atoms with Gasteiger partial charge in [-0.15, -0.1) is 0 Å². The highest BCUT2D eigenvalue weighted by atomic mass is 19.1. The number of carbonyl (C=O) groups excluding carboxylic acids is 1. The van der Waals surface area contributed by atoms with E-state index in [-0.39, 0.29) is 0 Å². The Morgan fingerprint density at radius 2 is 1.88 bits per heavy atom. The summed E-state index contributed by atoms with van der Waals surface area (Å²) in [6, 6.07) is 5.71. The summed E-state index contributed by atoms with van der Waals surface area (Å²) in [6.07, 6.45) is 0. The van der Waals surface area contributed by atoms with Gasteiger partial charge in [-0.05, 0) is 19.1 Å². The van der Waals surface area contributed by atoms with Gasteiger partial charge in [0.05, 0.1) is 13.8 Å². The molecule has 0 bridgehead atoms. The van der Waals surface area contributed by atoms with Gasteiger partial charge in [0.1, 0.15) is 23.6 Å². The smallest absolute Gasteiger partial charge is 0.121 e. The molecule has 0 aliphatic rings. The number of halogens is 1. The van der Waals surface area contributed by atoms with E-state index in [4.69, 9.17) is 9.53 Å². The summed E-state index contributed by atoms with van der Waals surface area (Å²) in [5.41, 5.74) is 1.76. The molecule has 0 fully saturated rings. The average molecular weight is 241 g/mol. The van der Waals surface area contributed by atoms with E-state index in [0.29, 0.717) is 13.8 Å². The normalized spacial score (nSPS) is 8.71. The summed E-state index contributed by atoms with van der Waals surface area (Å²) >= 11 is 0. The van der Waals surface area contributed by atoms with Crippen LogP contribution in [-0.4, -0.2) is 35.6 Å². The summed E-state index contributed by atoms with van der Waals surface area (Å²) in [4.78, 5) is 9.56. The molecule has 1 aromatic carbocycles. The molecule has 17 heavy (non-hydrogen) atoms. The van der Waals surface area contributed by atoms with Crippen LogP contribution in [0.5, 0.6) is 5.75 Å². The maximum atomic E-state index is 9.50. The van der Waals surface area contributed by atoms with Crippen molar-refractivity contribution in [1.29, 1.82) is 0 Å². The number of benzene rings is 1. The molecule has 6 heteroatoms. The Kier molecular flexibility index (Phi) is 7.25. The quantitative estimate of drug-likeness (QED) is 0.804. The number of carbonyl (C=O) groups is 1. The monoisotopic (exact) mass is 241 g/mol. The molecular weight excluding hydrogens is 225 g/mol. The lowest BCUT2D eigenvalue weighted by Gasteiger charge is -2.00. The Morgan fingerprint density at radius 3 is 2.47 bits per heavy atom. The maximum absolute atomic E-state index is 9.50. The third-order valence-corrected chi connectivity index (χ3v) is 1.76. The van der Waals surface area contributed by atoms with Crippen LogP contribution in [0.1, 0.15) is 6.92 Å². The van der Waals surface area contributed by atoms with Gasteiger partial charge in [0, 0.05) is 13.1 Å². The van der Waals surface area contributed by atoms with Gasteiger partial charge in [-0.1, -0.05) is 0 Å². The fourth-order valence-corrected chi connectivity index (χ4v) is 1.26. The number of fused-ring (bicyclic) bond motifs is 1. The Labute approximate surface area is 99.2 Å². The van der Waals surface area contributed by atoms with Crippen molar-refractivity contribution in [3.8, 4) is 5.75 Å². The van der Waals surface area contributed by atoms with Crippen molar-refractivity contribution in [2.24, 2.45) is 7.05 Å². The standard InChI is InChI=1S/C9H11N3O.CH3F.CH2O/c1-3-13-7-4-5-8-9(6-7)11-12(2)10-8;2*1-2/h4-6H,3H2,1-2H3;1H3;1H2. The molecule has 0 saturated heterocycles. The van der Waals surface area contributed by atoms with Crippen LogP contribution < -0.4 is 4.74 Å². The Balaban J connectivity index is 0.000000581. The molecule has 0 amide bonds. The third-order valence-electron chi connectivity index (χ3n) is 1.76. The lowest BCUT2D eigenvalue weighted by Crippen LogP contribution is -1.91. The molecule has 0 unspecified atom stereocenters. The van der Waals surface area contributed by atoms with E-state index < -0.39 is 0 Å². The molecule has 0 spiro atoms. The Morgan fingerprint density at radius 1 is 1.29 bits per heavy atom. The van der Waals surface area contributed by atoms with Gasteiger partial charge in [-0.3, -0.25) is 4.39 Å². The topological polar surface area (TPSA) is 57.0 Å². The van der Waals surface area contributed by atoms with Crippen molar-refractivity contribution in [1.82, 2.24) is 15.0 Å². The second kappa shape index (κ2) is 8.20. The molecule has 0 saturated carbocycles. The van der Waals surface area contributed by atoms with Gasteiger partial charge in [-0.25, -0.2) is 0 Å². The number of aryl methyl sites for hydroxylation is 1. The minimum Gasteiger partial charge on any atom is -0.494 e. The van der Waals surface area contributed by atoms with Crippen LogP contribution in [0.3, 0.4) is 0 Å². The van der Waals surface area contributed by atoms with E-state index in [9.17, 15) is 4.39 Å². The number of hydrogen-bond donors (Lipinski definition) is 0. The SMILES string of the molecule is C=O.CCOc1ccc2nn(C)nc2c1.CF. The maximum Gasteiger partial charge on any atom is 0.121 e. The highest BCUT2D eigenvalue weighted by Gasteiger charge is 2.01. The van der Waals surface area contributed by atoms with Gasteiger partial charge in [0.2, 0.25) is 0 Å². The van der Waals surface area contributed by atoms with Gasteiger partial charge >= 0.3 is 0 Å². The molecule has 1 aromatic heterocycles. The fourth-order valence-electron chi connectivity index (χ4n) is 1.26. The zero-order chi connectivity index (χ0) is 13.3. The zero-order valence-corrected chi connectivity index (χ0v) is 10.2. The molecule has 5 nitrogen and oxygen atoms in total. The summed E-state index contributed by atoms with van der Waals surface area (Å²) in [7, 11) is 2.31. The van der Waals surface area contributed by atoms with Crippen LogP contribution in [0.2, 0.25) is 0 Å². The molecule has 0 atom stereocenters. The minimum absolute atomic E-state index is 0.500. The first-order chi connectivity index (χ1) is 8.29. The highest BCUT2D eigenvalue weighted by molar-refractivity contribution is 5.75. The van der Waals surface area contributed by atoms with E-state index in [0.717, 1.165) is 16.8 Å². The molecule has 0 radical (unpaired) electrons. The zero-order valence-electron chi connectivity index (χ0n) is 10.2. The van der Waals surface area contributed by atoms with Crippen molar-refractivity contribution in [2.75, 3.05) is 13.8 Å². The van der Waals surface area contributed by atoms with E-state index in [1.807, 2.05) is 31.9 Å². The number of ether oxygens (including phenoxy) is 1. The summed E-state index contributed by atoms with van der Waals surface area (Å²) in [6.45, 7) is 4.63. The predicted molar refractivity (Wildman–Crippen MR) is 63.8 cm³/mol. The number of alkyl halides is 1. The number of aromatic nitrogens is 3. The van der Waals surface area contributed by atoms with E-state index in [2.05, 4.69) is 10.2 Å². The molecule has 0 aliphatic carbocycles. The van der Waals surface area contributed by atoms with Crippen LogP contribution in [0.4, 0.5) is 4.39 Å². The molecule has 94 valence electrons. The van der Waals surface area contributed by atoms with Crippen LogP contribution >= 0.6 is 0 Å². The first-order valence-electron chi connectivity index (χ1n) is 4.90. The molecule has 2 rings (SSSR count). The first kappa shape index (κ1) is 15.0. The summed E-state index contributed by atoms with van der Waals surface area (Å²) in [5.74, 6) is 0.843. The predicted octanol–water partition coefficient (Wildman–Crippen LogP) is 1.77. The van der Waals surface area contributed by atoms with Crippen LogP contribution in [0.25, 0.3) is 11.0 Å². The number of rotatable bonds is 2. The molecule has 0 N–H and O–H groups in total. The largest absolute Gasteiger partial charge is 0.494 e. The van der Waals surface area contributed by atoms with E-state index in [1.165, 1.54) is 0 Å². The second-order valence-corrected chi connectivity index (χ2v) is 2.77. The Bertz CT molecular complexity index is 445. The molecule has 2 aromatic rings. The van der Waals surface area contributed by atoms with Crippen LogP contribution in [0, 0.1) is 0 Å². The van der Waals surface area contributed by atoms with Crippen molar-refractivity contribution < 1.29 is 13.9 Å². The lowest BCUT2D eigenvalue weighted by atomic mass is 10.3. The van der Waals surface area contributed by atoms with Crippen LogP contribution in [0.15, 0.2) is 18.2 Å². The van der Waals surface area contributed by atoms with Gasteiger partial charge < -0.3 is 9.53 Å². The molecular formula is C11H16FN3O2. The summed E-state index contributed by atoms with van der Waals surface area (Å²) in [5, 5.41) is 8.35. The Hall–Kier alpha value is -1.98. The van der Waals surface area contributed by atoms with E-state index >= 15 is 0 Å². The van der Waals surface area contributed by atoms with Crippen molar-refractivity contribution in [2.45, 2.75) is 6.92 Å². The van der Waals surface area contributed by atoms with Crippen LogP contribution in [-0.2, 0) is 11.8 Å².